The number of anilines is 1. The molecule has 0 aliphatic heterocycles. The lowest BCUT2D eigenvalue weighted by Gasteiger charge is -2.15. The Labute approximate surface area is 213 Å². The predicted octanol–water partition coefficient (Wildman–Crippen LogP) is 6.33. The number of aromatic nitrogens is 2. The molecule has 1 N–H and O–H groups in total. The number of rotatable bonds is 7. The second-order valence-electron chi connectivity index (χ2n) is 8.95. The summed E-state index contributed by atoms with van der Waals surface area (Å²) in [6.07, 6.45) is 2.40. The molecule has 2 aromatic carbocycles. The number of aryl methyl sites for hydroxylation is 1. The summed E-state index contributed by atoms with van der Waals surface area (Å²) in [7, 11) is 3.27. The van der Waals surface area contributed by atoms with E-state index in [-0.39, 0.29) is 12.1 Å². The van der Waals surface area contributed by atoms with Gasteiger partial charge in [0.15, 0.2) is 0 Å². The number of methoxy groups -OCH3 is 1. The van der Waals surface area contributed by atoms with E-state index < -0.39 is 11.5 Å². The van der Waals surface area contributed by atoms with Gasteiger partial charge in [0.05, 0.1) is 13.4 Å². The van der Waals surface area contributed by atoms with Crippen LogP contribution in [0.1, 0.15) is 36.3 Å². The predicted molar refractivity (Wildman–Crippen MR) is 140 cm³/mol. The summed E-state index contributed by atoms with van der Waals surface area (Å²) < 4.78 is 12.3. The van der Waals surface area contributed by atoms with Gasteiger partial charge in [0, 0.05) is 22.4 Å². The van der Waals surface area contributed by atoms with E-state index in [4.69, 9.17) is 9.47 Å². The molecule has 1 aliphatic rings. The fourth-order valence-electron chi connectivity index (χ4n) is 4.28. The first-order chi connectivity index (χ1) is 17.4. The molecule has 0 bridgehead atoms. The molecule has 0 spiro atoms. The minimum Gasteiger partial charge on any atom is -0.468 e. The lowest BCUT2D eigenvalue weighted by molar-refractivity contribution is -0.143. The Morgan fingerprint density at radius 1 is 1.03 bits per heavy atom. The van der Waals surface area contributed by atoms with Crippen LogP contribution in [0.5, 0.6) is 0 Å². The number of carbonyl (C=O) groups excluding carboxylic acids is 2. The number of ether oxygens (including phenoxy) is 2. The highest BCUT2D eigenvalue weighted by molar-refractivity contribution is 7.15. The van der Waals surface area contributed by atoms with Crippen LogP contribution in [0.25, 0.3) is 21.7 Å². The molecule has 5 rings (SSSR count). The van der Waals surface area contributed by atoms with Crippen molar-refractivity contribution in [3.05, 3.63) is 83.5 Å². The number of nitrogens with zero attached hydrogens (tertiary/aromatic N) is 2. The van der Waals surface area contributed by atoms with Gasteiger partial charge in [0.1, 0.15) is 23.0 Å². The van der Waals surface area contributed by atoms with Gasteiger partial charge in [-0.1, -0.05) is 54.6 Å². The molecule has 8 heteroatoms. The van der Waals surface area contributed by atoms with Gasteiger partial charge >= 0.3 is 12.1 Å². The largest absolute Gasteiger partial charge is 0.468 e. The maximum Gasteiger partial charge on any atom is 0.413 e. The molecule has 1 saturated carbocycles. The molecule has 2 heterocycles. The van der Waals surface area contributed by atoms with Crippen LogP contribution in [0.3, 0.4) is 0 Å². The Kier molecular flexibility index (Phi) is 6.36. The van der Waals surface area contributed by atoms with E-state index in [1.165, 1.54) is 7.11 Å². The zero-order chi connectivity index (χ0) is 25.3. The summed E-state index contributed by atoms with van der Waals surface area (Å²) in [5, 5.41) is 2.84. The van der Waals surface area contributed by atoms with E-state index in [0.29, 0.717) is 11.5 Å². The van der Waals surface area contributed by atoms with E-state index in [9.17, 15) is 9.59 Å². The quantitative estimate of drug-likeness (QED) is 0.299. The third kappa shape index (κ3) is 4.52. The molecular formula is C28H27N3O4S. The molecule has 7 nitrogen and oxygen atoms in total. The maximum absolute atomic E-state index is 12.6. The Balaban J connectivity index is 1.31. The Morgan fingerprint density at radius 3 is 2.39 bits per heavy atom. The minimum atomic E-state index is -0.543. The third-order valence-corrected chi connectivity index (χ3v) is 7.90. The fraction of sp³-hybridized carbons (Fsp3) is 0.250. The number of thiophene rings is 1. The number of hydrogen-bond acceptors (Lipinski definition) is 6. The SMILES string of the molecule is COC(=O)C1(c2ccc(-c3ccc(-c4ncn(C)c4NC(=O)OC(C)c4ccccc4)cc3)s2)CC1. The van der Waals surface area contributed by atoms with Crippen molar-refractivity contribution in [1.82, 2.24) is 9.55 Å². The van der Waals surface area contributed by atoms with Gasteiger partial charge in [-0.25, -0.2) is 9.78 Å². The van der Waals surface area contributed by atoms with Crippen LogP contribution in [0.2, 0.25) is 0 Å². The molecule has 0 radical (unpaired) electrons. The van der Waals surface area contributed by atoms with Gasteiger partial charge < -0.3 is 14.0 Å². The minimum absolute atomic E-state index is 0.155. The summed E-state index contributed by atoms with van der Waals surface area (Å²) in [6.45, 7) is 1.84. The second-order valence-corrected chi connectivity index (χ2v) is 10.0. The van der Waals surface area contributed by atoms with E-state index >= 15 is 0 Å². The van der Waals surface area contributed by atoms with E-state index in [1.54, 1.807) is 22.2 Å². The summed E-state index contributed by atoms with van der Waals surface area (Å²) >= 11 is 1.63. The van der Waals surface area contributed by atoms with Crippen molar-refractivity contribution in [1.29, 1.82) is 0 Å². The Bertz CT molecular complexity index is 1390. The van der Waals surface area contributed by atoms with Crippen molar-refractivity contribution in [2.75, 3.05) is 12.4 Å². The van der Waals surface area contributed by atoms with E-state index in [2.05, 4.69) is 16.4 Å². The first-order valence-corrected chi connectivity index (χ1v) is 12.6. The lowest BCUT2D eigenvalue weighted by atomic mass is 10.1. The number of nitrogens with one attached hydrogen (secondary N) is 1. The van der Waals surface area contributed by atoms with Crippen LogP contribution in [0, 0.1) is 0 Å². The van der Waals surface area contributed by atoms with Crippen molar-refractivity contribution >= 4 is 29.2 Å². The monoisotopic (exact) mass is 501 g/mol. The highest BCUT2D eigenvalue weighted by Gasteiger charge is 2.53. The van der Waals surface area contributed by atoms with Crippen LogP contribution in [-0.4, -0.2) is 28.7 Å². The fourth-order valence-corrected chi connectivity index (χ4v) is 5.53. The van der Waals surface area contributed by atoms with Crippen molar-refractivity contribution in [3.8, 4) is 21.7 Å². The normalized spacial score (nSPS) is 14.6. The number of carbonyl (C=O) groups is 2. The zero-order valence-electron chi connectivity index (χ0n) is 20.4. The molecule has 2 aromatic heterocycles. The van der Waals surface area contributed by atoms with Gasteiger partial charge in [-0.2, -0.15) is 0 Å². The van der Waals surface area contributed by atoms with Crippen molar-refractivity contribution in [2.45, 2.75) is 31.3 Å². The highest BCUT2D eigenvalue weighted by Crippen LogP contribution is 2.52. The van der Waals surface area contributed by atoms with Crippen LogP contribution >= 0.6 is 11.3 Å². The molecule has 36 heavy (non-hydrogen) atoms. The molecule has 1 fully saturated rings. The standard InChI is InChI=1S/C28H27N3O4S/c1-18(19-7-5-4-6-8-19)35-27(33)30-25-24(29-17-31(25)2)21-11-9-20(10-12-21)22-13-14-23(36-22)28(15-16-28)26(32)34-3/h4-14,17-18H,15-16H2,1-3H3,(H,30,33). The molecule has 1 atom stereocenters. The molecule has 1 aliphatic carbocycles. The first kappa shape index (κ1) is 23.8. The Morgan fingerprint density at radius 2 is 1.72 bits per heavy atom. The Hall–Kier alpha value is -3.91. The van der Waals surface area contributed by atoms with Crippen LogP contribution in [0.4, 0.5) is 10.6 Å². The lowest BCUT2D eigenvalue weighted by Crippen LogP contribution is -2.20. The van der Waals surface area contributed by atoms with Crippen LogP contribution in [-0.2, 0) is 26.7 Å². The average Bonchev–Trinajstić information content (AvgIpc) is 3.42. The zero-order valence-corrected chi connectivity index (χ0v) is 21.2. The summed E-state index contributed by atoms with van der Waals surface area (Å²) in [5.41, 5.74) is 3.04. The van der Waals surface area contributed by atoms with Crippen molar-refractivity contribution < 1.29 is 19.1 Å². The summed E-state index contributed by atoms with van der Waals surface area (Å²) in [5.74, 6) is 0.401. The van der Waals surface area contributed by atoms with Gasteiger partial charge in [0.25, 0.3) is 0 Å². The van der Waals surface area contributed by atoms with Gasteiger partial charge in [0.2, 0.25) is 0 Å². The summed E-state index contributed by atoms with van der Waals surface area (Å²) in [6, 6.07) is 21.7. The average molecular weight is 502 g/mol. The van der Waals surface area contributed by atoms with Gasteiger partial charge in [-0.15, -0.1) is 11.3 Å². The number of esters is 1. The molecule has 4 aromatic rings. The molecule has 1 amide bonds. The topological polar surface area (TPSA) is 82.5 Å². The summed E-state index contributed by atoms with van der Waals surface area (Å²) in [4.78, 5) is 31.5. The highest BCUT2D eigenvalue weighted by atomic mass is 32.1. The maximum atomic E-state index is 12.6. The van der Waals surface area contributed by atoms with Crippen LogP contribution < -0.4 is 5.32 Å². The number of imidazole rings is 1. The number of benzene rings is 2. The van der Waals surface area contributed by atoms with Gasteiger partial charge in [-0.3, -0.25) is 10.1 Å². The van der Waals surface area contributed by atoms with E-state index in [0.717, 1.165) is 39.3 Å². The number of hydrogen-bond donors (Lipinski definition) is 1. The smallest absolute Gasteiger partial charge is 0.413 e. The molecule has 0 saturated heterocycles. The first-order valence-electron chi connectivity index (χ1n) is 11.7. The van der Waals surface area contributed by atoms with Crippen molar-refractivity contribution in [3.63, 3.8) is 0 Å². The third-order valence-electron chi connectivity index (χ3n) is 6.56. The van der Waals surface area contributed by atoms with Crippen molar-refractivity contribution in [2.24, 2.45) is 7.05 Å². The van der Waals surface area contributed by atoms with Crippen LogP contribution in [0.15, 0.2) is 73.1 Å². The second kappa shape index (κ2) is 9.62. The van der Waals surface area contributed by atoms with Gasteiger partial charge in [-0.05, 0) is 43.0 Å². The molecule has 184 valence electrons. The number of amides is 1. The molecule has 1 unspecified atom stereocenters. The van der Waals surface area contributed by atoms with E-state index in [1.807, 2.05) is 74.6 Å². The molecular weight excluding hydrogens is 474 g/mol.